The van der Waals surface area contributed by atoms with Gasteiger partial charge in [-0.3, -0.25) is 0 Å². The van der Waals surface area contributed by atoms with Crippen molar-refractivity contribution in [1.82, 2.24) is 10.3 Å². The molecule has 3 nitrogen and oxygen atoms in total. The number of hydrogen-bond donors (Lipinski definition) is 1. The van der Waals surface area contributed by atoms with Crippen LogP contribution < -0.4 is 10.2 Å². The topological polar surface area (TPSA) is 28.2 Å². The second-order valence-electron chi connectivity index (χ2n) is 3.82. The highest BCUT2D eigenvalue weighted by Gasteiger charge is 2.07. The molecule has 92 valence electrons. The highest BCUT2D eigenvalue weighted by molar-refractivity contribution is 7.15. The first-order valence-electron chi connectivity index (χ1n) is 5.68. The number of nitrogens with one attached hydrogen (secondary N) is 1. The largest absolute Gasteiger partial charge is 0.346 e. The Morgan fingerprint density at radius 2 is 2.29 bits per heavy atom. The van der Waals surface area contributed by atoms with Crippen LogP contribution in [0.15, 0.2) is 23.7 Å². The third-order valence-electron chi connectivity index (χ3n) is 2.39. The van der Waals surface area contributed by atoms with Gasteiger partial charge >= 0.3 is 0 Å². The monoisotopic (exact) mass is 267 g/mol. The second-order valence-corrected chi connectivity index (χ2v) is 5.95. The molecule has 2 rings (SSSR count). The van der Waals surface area contributed by atoms with Crippen molar-refractivity contribution in [2.75, 3.05) is 18.5 Å². The van der Waals surface area contributed by atoms with Gasteiger partial charge in [0, 0.05) is 29.5 Å². The molecule has 2 aromatic heterocycles. The fourth-order valence-electron chi connectivity index (χ4n) is 1.51. The fraction of sp³-hybridized carbons (Fsp3) is 0.417. The van der Waals surface area contributed by atoms with Gasteiger partial charge in [-0.15, -0.1) is 22.7 Å². The predicted molar refractivity (Wildman–Crippen MR) is 75.9 cm³/mol. The summed E-state index contributed by atoms with van der Waals surface area (Å²) in [6.07, 6.45) is 1.97. The molecule has 0 aliphatic heterocycles. The van der Waals surface area contributed by atoms with Crippen LogP contribution in [0.4, 0.5) is 5.13 Å². The molecular weight excluding hydrogens is 250 g/mol. The van der Waals surface area contributed by atoms with Gasteiger partial charge in [0.2, 0.25) is 0 Å². The molecule has 0 unspecified atom stereocenters. The first-order valence-corrected chi connectivity index (χ1v) is 7.38. The molecule has 0 atom stereocenters. The first-order chi connectivity index (χ1) is 8.29. The average Bonchev–Trinajstić information content (AvgIpc) is 2.96. The summed E-state index contributed by atoms with van der Waals surface area (Å²) in [5.41, 5.74) is 0. The Kier molecular flexibility index (Phi) is 4.53. The highest BCUT2D eigenvalue weighted by atomic mass is 32.1. The number of hydrogen-bond acceptors (Lipinski definition) is 5. The van der Waals surface area contributed by atoms with Crippen molar-refractivity contribution in [2.24, 2.45) is 0 Å². The van der Waals surface area contributed by atoms with E-state index in [1.165, 1.54) is 9.75 Å². The Labute approximate surface area is 110 Å². The van der Waals surface area contributed by atoms with Crippen LogP contribution in [0.2, 0.25) is 0 Å². The molecule has 5 heteroatoms. The van der Waals surface area contributed by atoms with Gasteiger partial charge in [0.25, 0.3) is 0 Å². The first kappa shape index (κ1) is 12.5. The van der Waals surface area contributed by atoms with E-state index in [4.69, 9.17) is 0 Å². The van der Waals surface area contributed by atoms with Crippen LogP contribution in [-0.2, 0) is 13.1 Å². The van der Waals surface area contributed by atoms with Gasteiger partial charge in [0.05, 0.1) is 6.54 Å². The molecule has 0 spiro atoms. The third kappa shape index (κ3) is 3.52. The predicted octanol–water partition coefficient (Wildman–Crippen LogP) is 2.95. The summed E-state index contributed by atoms with van der Waals surface area (Å²) in [6.45, 7) is 4.97. The van der Waals surface area contributed by atoms with E-state index >= 15 is 0 Å². The standard InChI is InChI=1S/C12H17N3S2/c1-3-13-7-11-8-14-12(17-11)15(2)9-10-5-4-6-16-10/h4-6,8,13H,3,7,9H2,1-2H3. The molecule has 0 saturated heterocycles. The Morgan fingerprint density at radius 1 is 1.41 bits per heavy atom. The van der Waals surface area contributed by atoms with E-state index in [1.54, 1.807) is 22.7 Å². The maximum absolute atomic E-state index is 4.46. The van der Waals surface area contributed by atoms with E-state index in [0.717, 1.165) is 24.8 Å². The molecule has 2 aromatic rings. The molecule has 1 N–H and O–H groups in total. The number of aromatic nitrogens is 1. The summed E-state index contributed by atoms with van der Waals surface area (Å²) in [4.78, 5) is 9.32. The molecular formula is C12H17N3S2. The average molecular weight is 267 g/mol. The van der Waals surface area contributed by atoms with Crippen LogP contribution in [0.25, 0.3) is 0 Å². The molecule has 0 aliphatic rings. The lowest BCUT2D eigenvalue weighted by Crippen LogP contribution is -2.15. The smallest absolute Gasteiger partial charge is 0.185 e. The van der Waals surface area contributed by atoms with Crippen molar-refractivity contribution in [3.05, 3.63) is 33.5 Å². The highest BCUT2D eigenvalue weighted by Crippen LogP contribution is 2.23. The molecule has 0 radical (unpaired) electrons. The zero-order valence-electron chi connectivity index (χ0n) is 10.1. The summed E-state index contributed by atoms with van der Waals surface area (Å²) < 4.78 is 0. The number of thiophene rings is 1. The quantitative estimate of drug-likeness (QED) is 0.872. The second kappa shape index (κ2) is 6.14. The van der Waals surface area contributed by atoms with Crippen LogP contribution in [0.3, 0.4) is 0 Å². The molecule has 0 aliphatic carbocycles. The van der Waals surface area contributed by atoms with E-state index in [2.05, 4.69) is 46.7 Å². The van der Waals surface area contributed by atoms with Crippen molar-refractivity contribution in [1.29, 1.82) is 0 Å². The van der Waals surface area contributed by atoms with Crippen LogP contribution in [0.1, 0.15) is 16.7 Å². The summed E-state index contributed by atoms with van der Waals surface area (Å²) in [6, 6.07) is 4.25. The van der Waals surface area contributed by atoms with Crippen molar-refractivity contribution >= 4 is 27.8 Å². The Bertz CT molecular complexity index is 436. The Hall–Kier alpha value is -0.910. The van der Waals surface area contributed by atoms with Crippen molar-refractivity contribution in [3.8, 4) is 0 Å². The number of anilines is 1. The SMILES string of the molecule is CCNCc1cnc(N(C)Cc2cccs2)s1. The summed E-state index contributed by atoms with van der Waals surface area (Å²) in [7, 11) is 2.09. The van der Waals surface area contributed by atoms with Crippen molar-refractivity contribution < 1.29 is 0 Å². The number of thiazole rings is 1. The lowest BCUT2D eigenvalue weighted by Gasteiger charge is -2.13. The maximum Gasteiger partial charge on any atom is 0.185 e. The fourth-order valence-corrected chi connectivity index (χ4v) is 3.10. The lowest BCUT2D eigenvalue weighted by atomic mass is 10.4. The number of rotatable bonds is 6. The van der Waals surface area contributed by atoms with Gasteiger partial charge < -0.3 is 10.2 Å². The zero-order chi connectivity index (χ0) is 12.1. The van der Waals surface area contributed by atoms with Gasteiger partial charge in [-0.05, 0) is 18.0 Å². The Morgan fingerprint density at radius 3 is 3.00 bits per heavy atom. The van der Waals surface area contributed by atoms with Gasteiger partial charge in [-0.25, -0.2) is 4.98 Å². The van der Waals surface area contributed by atoms with Crippen molar-refractivity contribution in [3.63, 3.8) is 0 Å². The van der Waals surface area contributed by atoms with Crippen LogP contribution >= 0.6 is 22.7 Å². The molecule has 17 heavy (non-hydrogen) atoms. The summed E-state index contributed by atoms with van der Waals surface area (Å²) in [5, 5.41) is 6.52. The Balaban J connectivity index is 1.94. The van der Waals surface area contributed by atoms with E-state index in [0.29, 0.717) is 0 Å². The summed E-state index contributed by atoms with van der Waals surface area (Å²) >= 11 is 3.55. The molecule has 0 bridgehead atoms. The zero-order valence-corrected chi connectivity index (χ0v) is 11.8. The van der Waals surface area contributed by atoms with E-state index in [1.807, 2.05) is 6.20 Å². The molecule has 0 amide bonds. The van der Waals surface area contributed by atoms with E-state index in [-0.39, 0.29) is 0 Å². The van der Waals surface area contributed by atoms with Gasteiger partial charge in [-0.1, -0.05) is 13.0 Å². The minimum absolute atomic E-state index is 0.918. The molecule has 0 aromatic carbocycles. The molecule has 0 saturated carbocycles. The number of nitrogens with zero attached hydrogens (tertiary/aromatic N) is 2. The van der Waals surface area contributed by atoms with E-state index < -0.39 is 0 Å². The van der Waals surface area contributed by atoms with Crippen LogP contribution in [0, 0.1) is 0 Å². The molecule has 2 heterocycles. The van der Waals surface area contributed by atoms with Crippen molar-refractivity contribution in [2.45, 2.75) is 20.0 Å². The third-order valence-corrected chi connectivity index (χ3v) is 4.36. The lowest BCUT2D eigenvalue weighted by molar-refractivity contribution is 0.734. The summed E-state index contributed by atoms with van der Waals surface area (Å²) in [5.74, 6) is 0. The van der Waals surface area contributed by atoms with Gasteiger partial charge in [-0.2, -0.15) is 0 Å². The molecule has 0 fully saturated rings. The minimum atomic E-state index is 0.918. The van der Waals surface area contributed by atoms with Crippen LogP contribution in [0.5, 0.6) is 0 Å². The van der Waals surface area contributed by atoms with Gasteiger partial charge in [0.1, 0.15) is 0 Å². The normalized spacial score (nSPS) is 10.7. The minimum Gasteiger partial charge on any atom is -0.346 e. The maximum atomic E-state index is 4.46. The van der Waals surface area contributed by atoms with Crippen LogP contribution in [-0.4, -0.2) is 18.6 Å². The van der Waals surface area contributed by atoms with Gasteiger partial charge in [0.15, 0.2) is 5.13 Å². The van der Waals surface area contributed by atoms with E-state index in [9.17, 15) is 0 Å².